The van der Waals surface area contributed by atoms with Crippen LogP contribution in [-0.2, 0) is 6.54 Å². The standard InChI is InChI=1S/C20H19N5OS/c1-13(2)25-19-16(12-23-25)15(10-17(24-19)18-7-5-9-27-18)20(26)22-11-14-6-3-4-8-21-14/h3-10,12-13H,11H2,1-2H3,(H,22,26). The minimum absolute atomic E-state index is 0.151. The lowest BCUT2D eigenvalue weighted by Crippen LogP contribution is -2.23. The molecular formula is C20H19N5OS. The average Bonchev–Trinajstić information content (AvgIpc) is 3.35. The molecule has 0 aromatic carbocycles. The number of aromatic nitrogens is 4. The monoisotopic (exact) mass is 377 g/mol. The molecule has 0 aliphatic carbocycles. The highest BCUT2D eigenvalue weighted by Gasteiger charge is 2.18. The molecule has 7 heteroatoms. The number of amides is 1. The number of nitrogens with one attached hydrogen (secondary N) is 1. The van der Waals surface area contributed by atoms with E-state index in [1.165, 1.54) is 0 Å². The molecule has 0 saturated heterocycles. The highest BCUT2D eigenvalue weighted by molar-refractivity contribution is 7.13. The van der Waals surface area contributed by atoms with Gasteiger partial charge in [0.1, 0.15) is 0 Å². The third-order valence-corrected chi connectivity index (χ3v) is 5.12. The maximum absolute atomic E-state index is 12.9. The molecular weight excluding hydrogens is 358 g/mol. The quantitative estimate of drug-likeness (QED) is 0.569. The molecule has 1 N–H and O–H groups in total. The van der Waals surface area contributed by atoms with Gasteiger partial charge < -0.3 is 5.32 Å². The van der Waals surface area contributed by atoms with Gasteiger partial charge in [0.2, 0.25) is 0 Å². The summed E-state index contributed by atoms with van der Waals surface area (Å²) >= 11 is 1.60. The minimum Gasteiger partial charge on any atom is -0.346 e. The highest BCUT2D eigenvalue weighted by Crippen LogP contribution is 2.28. The molecule has 0 aliphatic heterocycles. The third kappa shape index (κ3) is 3.46. The Labute approximate surface area is 160 Å². The Kier molecular flexibility index (Phi) is 4.68. The average molecular weight is 377 g/mol. The van der Waals surface area contributed by atoms with E-state index >= 15 is 0 Å². The van der Waals surface area contributed by atoms with Crippen LogP contribution in [0.4, 0.5) is 0 Å². The Bertz CT molecular complexity index is 1070. The zero-order valence-electron chi connectivity index (χ0n) is 15.1. The zero-order valence-corrected chi connectivity index (χ0v) is 15.9. The molecule has 0 aliphatic rings. The smallest absolute Gasteiger partial charge is 0.252 e. The molecule has 27 heavy (non-hydrogen) atoms. The lowest BCUT2D eigenvalue weighted by molar-refractivity contribution is 0.0952. The van der Waals surface area contributed by atoms with Gasteiger partial charge in [-0.05, 0) is 43.5 Å². The van der Waals surface area contributed by atoms with Crippen molar-refractivity contribution in [2.24, 2.45) is 0 Å². The molecule has 0 spiro atoms. The van der Waals surface area contributed by atoms with Crippen LogP contribution in [0.25, 0.3) is 21.6 Å². The molecule has 1 amide bonds. The lowest BCUT2D eigenvalue weighted by Gasteiger charge is -2.10. The lowest BCUT2D eigenvalue weighted by atomic mass is 10.1. The van der Waals surface area contributed by atoms with Crippen molar-refractivity contribution in [2.45, 2.75) is 26.4 Å². The summed E-state index contributed by atoms with van der Waals surface area (Å²) < 4.78 is 1.85. The van der Waals surface area contributed by atoms with Gasteiger partial charge in [-0.25, -0.2) is 9.67 Å². The van der Waals surface area contributed by atoms with Crippen LogP contribution in [0.15, 0.2) is 54.2 Å². The molecule has 4 heterocycles. The van der Waals surface area contributed by atoms with Crippen molar-refractivity contribution in [1.82, 2.24) is 25.1 Å². The molecule has 0 radical (unpaired) electrons. The molecule has 4 aromatic rings. The van der Waals surface area contributed by atoms with E-state index in [0.717, 1.165) is 27.3 Å². The van der Waals surface area contributed by atoms with Crippen LogP contribution in [0.2, 0.25) is 0 Å². The summed E-state index contributed by atoms with van der Waals surface area (Å²) in [4.78, 5) is 23.0. The second-order valence-electron chi connectivity index (χ2n) is 6.46. The molecule has 6 nitrogen and oxygen atoms in total. The second kappa shape index (κ2) is 7.28. The van der Waals surface area contributed by atoms with Crippen molar-refractivity contribution < 1.29 is 4.79 Å². The van der Waals surface area contributed by atoms with Crippen molar-refractivity contribution in [1.29, 1.82) is 0 Å². The Hall–Kier alpha value is -3.06. The molecule has 0 saturated carbocycles. The first-order chi connectivity index (χ1) is 13.1. The number of hydrogen-bond acceptors (Lipinski definition) is 5. The minimum atomic E-state index is -0.158. The third-order valence-electron chi connectivity index (χ3n) is 4.23. The summed E-state index contributed by atoms with van der Waals surface area (Å²) in [6.45, 7) is 4.47. The predicted molar refractivity (Wildman–Crippen MR) is 107 cm³/mol. The van der Waals surface area contributed by atoms with Gasteiger partial charge in [-0.2, -0.15) is 5.10 Å². The Morgan fingerprint density at radius 2 is 2.15 bits per heavy atom. The van der Waals surface area contributed by atoms with E-state index in [0.29, 0.717) is 12.1 Å². The highest BCUT2D eigenvalue weighted by atomic mass is 32.1. The predicted octanol–water partition coefficient (Wildman–Crippen LogP) is 4.07. The number of thiophene rings is 1. The summed E-state index contributed by atoms with van der Waals surface area (Å²) in [5, 5.41) is 10.2. The van der Waals surface area contributed by atoms with Gasteiger partial charge >= 0.3 is 0 Å². The van der Waals surface area contributed by atoms with Crippen LogP contribution in [0.1, 0.15) is 35.9 Å². The van der Waals surface area contributed by atoms with Crippen LogP contribution in [-0.4, -0.2) is 25.7 Å². The Balaban J connectivity index is 1.75. The first-order valence-corrected chi connectivity index (χ1v) is 9.61. The van der Waals surface area contributed by atoms with Crippen molar-refractivity contribution >= 4 is 28.3 Å². The summed E-state index contributed by atoms with van der Waals surface area (Å²) in [6, 6.07) is 11.6. The van der Waals surface area contributed by atoms with Gasteiger partial charge in [0, 0.05) is 12.2 Å². The van der Waals surface area contributed by atoms with Crippen molar-refractivity contribution in [3.8, 4) is 10.6 Å². The van der Waals surface area contributed by atoms with Crippen LogP contribution < -0.4 is 5.32 Å². The van der Waals surface area contributed by atoms with E-state index in [1.54, 1.807) is 23.7 Å². The van der Waals surface area contributed by atoms with Gasteiger partial charge in [0.15, 0.2) is 5.65 Å². The summed E-state index contributed by atoms with van der Waals surface area (Å²) in [6.07, 6.45) is 3.43. The topological polar surface area (TPSA) is 72.7 Å². The molecule has 4 rings (SSSR count). The normalized spacial score (nSPS) is 11.2. The van der Waals surface area contributed by atoms with E-state index in [4.69, 9.17) is 4.98 Å². The number of carbonyl (C=O) groups is 1. The number of hydrogen-bond donors (Lipinski definition) is 1. The molecule has 0 fully saturated rings. The second-order valence-corrected chi connectivity index (χ2v) is 7.40. The van der Waals surface area contributed by atoms with Gasteiger partial charge in [-0.15, -0.1) is 11.3 Å². The summed E-state index contributed by atoms with van der Waals surface area (Å²) in [5.74, 6) is -0.158. The molecule has 4 aromatic heterocycles. The molecule has 136 valence electrons. The van der Waals surface area contributed by atoms with E-state index in [1.807, 2.05) is 60.3 Å². The molecule has 0 bridgehead atoms. The fraction of sp³-hybridized carbons (Fsp3) is 0.200. The number of pyridine rings is 2. The van der Waals surface area contributed by atoms with E-state index in [-0.39, 0.29) is 11.9 Å². The van der Waals surface area contributed by atoms with Gasteiger partial charge in [-0.1, -0.05) is 12.1 Å². The zero-order chi connectivity index (χ0) is 18.8. The van der Waals surface area contributed by atoms with Gasteiger partial charge in [0.25, 0.3) is 5.91 Å². The van der Waals surface area contributed by atoms with E-state index in [2.05, 4.69) is 15.4 Å². The van der Waals surface area contributed by atoms with Crippen molar-refractivity contribution in [2.75, 3.05) is 0 Å². The van der Waals surface area contributed by atoms with E-state index in [9.17, 15) is 4.79 Å². The van der Waals surface area contributed by atoms with Crippen molar-refractivity contribution in [3.63, 3.8) is 0 Å². The van der Waals surface area contributed by atoms with Crippen LogP contribution in [0.5, 0.6) is 0 Å². The molecule has 0 unspecified atom stereocenters. The van der Waals surface area contributed by atoms with Gasteiger partial charge in [0.05, 0.1) is 40.0 Å². The SMILES string of the molecule is CC(C)n1ncc2c(C(=O)NCc3ccccn3)cc(-c3cccs3)nc21. The Morgan fingerprint density at radius 1 is 1.26 bits per heavy atom. The fourth-order valence-electron chi connectivity index (χ4n) is 2.90. The molecule has 0 atom stereocenters. The first-order valence-electron chi connectivity index (χ1n) is 8.73. The van der Waals surface area contributed by atoms with E-state index < -0.39 is 0 Å². The van der Waals surface area contributed by atoms with Crippen LogP contribution in [0, 0.1) is 0 Å². The Morgan fingerprint density at radius 3 is 2.85 bits per heavy atom. The maximum atomic E-state index is 12.9. The van der Waals surface area contributed by atoms with Gasteiger partial charge in [-0.3, -0.25) is 9.78 Å². The summed E-state index contributed by atoms with van der Waals surface area (Å²) in [5.41, 5.74) is 2.89. The van der Waals surface area contributed by atoms with Crippen molar-refractivity contribution in [3.05, 3.63) is 65.4 Å². The number of carbonyl (C=O) groups excluding carboxylic acids is 1. The maximum Gasteiger partial charge on any atom is 0.252 e. The van der Waals surface area contributed by atoms with Crippen LogP contribution >= 0.6 is 11.3 Å². The summed E-state index contributed by atoms with van der Waals surface area (Å²) in [7, 11) is 0. The number of rotatable bonds is 5. The first kappa shape index (κ1) is 17.4. The van der Waals surface area contributed by atoms with Crippen LogP contribution in [0.3, 0.4) is 0 Å². The largest absolute Gasteiger partial charge is 0.346 e. The number of nitrogens with zero attached hydrogens (tertiary/aromatic N) is 4. The fourth-order valence-corrected chi connectivity index (χ4v) is 3.59. The number of fused-ring (bicyclic) bond motifs is 1.